The van der Waals surface area contributed by atoms with E-state index in [4.69, 9.17) is 4.74 Å². The van der Waals surface area contributed by atoms with Crippen molar-refractivity contribution in [2.24, 2.45) is 4.99 Å². The van der Waals surface area contributed by atoms with Crippen LogP contribution in [0.1, 0.15) is 16.7 Å². The highest BCUT2D eigenvalue weighted by Gasteiger charge is 2.25. The second-order valence-corrected chi connectivity index (χ2v) is 9.58. The second-order valence-electron chi connectivity index (χ2n) is 8.55. The van der Waals surface area contributed by atoms with E-state index in [0.29, 0.717) is 36.4 Å². The summed E-state index contributed by atoms with van der Waals surface area (Å²) in [6.45, 7) is 6.71. The number of benzene rings is 2. The lowest BCUT2D eigenvalue weighted by atomic mass is 10.1. The van der Waals surface area contributed by atoms with Crippen molar-refractivity contribution in [3.05, 3.63) is 70.3 Å². The largest absolute Gasteiger partial charge is 0.378 e. The number of carbonyl (C=O) groups is 2. The van der Waals surface area contributed by atoms with Gasteiger partial charge in [0.15, 0.2) is 5.17 Å². The van der Waals surface area contributed by atoms with E-state index in [-0.39, 0.29) is 18.4 Å². The van der Waals surface area contributed by atoms with E-state index in [1.165, 1.54) is 11.8 Å². The summed E-state index contributed by atoms with van der Waals surface area (Å²) in [6.07, 6.45) is 3.82. The number of aliphatic imine (C=N–C) groups is 1. The number of nitrogens with one attached hydrogen (secondary N) is 1. The van der Waals surface area contributed by atoms with E-state index in [1.54, 1.807) is 0 Å². The maximum Gasteiger partial charge on any atom is 0.264 e. The molecule has 5 rings (SSSR count). The molecule has 1 aromatic heterocycles. The smallest absolute Gasteiger partial charge is 0.264 e. The maximum atomic E-state index is 12.8. The number of para-hydroxylation sites is 1. The summed E-state index contributed by atoms with van der Waals surface area (Å²) in [5, 5.41) is 4.43. The van der Waals surface area contributed by atoms with Gasteiger partial charge in [0.05, 0.1) is 23.8 Å². The highest BCUT2D eigenvalue weighted by molar-refractivity contribution is 8.18. The van der Waals surface area contributed by atoms with Gasteiger partial charge in [-0.3, -0.25) is 9.59 Å². The number of carbonyl (C=O) groups excluding carboxylic acids is 2. The zero-order chi connectivity index (χ0) is 23.7. The van der Waals surface area contributed by atoms with Crippen molar-refractivity contribution in [3.8, 4) is 0 Å². The molecule has 2 amide bonds. The van der Waals surface area contributed by atoms with Gasteiger partial charge in [-0.2, -0.15) is 0 Å². The number of hydrogen-bond donors (Lipinski definition) is 1. The number of fused-ring (bicyclic) bond motifs is 1. The van der Waals surface area contributed by atoms with Crippen LogP contribution in [0.5, 0.6) is 0 Å². The molecule has 2 saturated heterocycles. The zero-order valence-electron chi connectivity index (χ0n) is 19.2. The monoisotopic (exact) mass is 474 g/mol. The predicted molar refractivity (Wildman–Crippen MR) is 136 cm³/mol. The molecule has 3 aromatic rings. The number of aryl methyl sites for hydroxylation is 2. The molecule has 1 N–H and O–H groups in total. The lowest BCUT2D eigenvalue weighted by molar-refractivity contribution is -0.135. The minimum atomic E-state index is -0.172. The third kappa shape index (κ3) is 4.78. The molecule has 34 heavy (non-hydrogen) atoms. The summed E-state index contributed by atoms with van der Waals surface area (Å²) in [5.41, 5.74) is 4.94. The van der Waals surface area contributed by atoms with Crippen molar-refractivity contribution < 1.29 is 14.3 Å². The number of ether oxygens (including phenoxy) is 1. The van der Waals surface area contributed by atoms with Crippen LogP contribution in [-0.2, 0) is 20.9 Å². The standard InChI is InChI=1S/C26H26N4O3S/c1-17-11-18(2)13-20(12-17)27-26-28-25(32)23(34-26)14-19-15-30(22-6-4-3-5-21(19)22)16-24(31)29-7-9-33-10-8-29/h3-6,11-15H,7-10,16H2,1-2H3,(H,27,28,32)/b23-14+. The highest BCUT2D eigenvalue weighted by Crippen LogP contribution is 2.31. The van der Waals surface area contributed by atoms with Crippen molar-refractivity contribution in [1.29, 1.82) is 0 Å². The third-order valence-corrected chi connectivity index (χ3v) is 6.77. The van der Waals surface area contributed by atoms with E-state index in [1.807, 2.05) is 72.0 Å². The number of rotatable bonds is 4. The Morgan fingerprint density at radius 3 is 2.65 bits per heavy atom. The summed E-state index contributed by atoms with van der Waals surface area (Å²) in [4.78, 5) is 32.5. The lowest BCUT2D eigenvalue weighted by Crippen LogP contribution is -2.42. The molecule has 174 valence electrons. The number of amidine groups is 1. The first-order valence-corrected chi connectivity index (χ1v) is 12.1. The Balaban J connectivity index is 1.42. The average Bonchev–Trinajstić information content (AvgIpc) is 3.33. The fraction of sp³-hybridized carbons (Fsp3) is 0.269. The van der Waals surface area contributed by atoms with Crippen LogP contribution in [0.2, 0.25) is 0 Å². The molecule has 2 aliphatic heterocycles. The highest BCUT2D eigenvalue weighted by atomic mass is 32.2. The number of hydrogen-bond acceptors (Lipinski definition) is 5. The summed E-state index contributed by atoms with van der Waals surface area (Å²) in [7, 11) is 0. The number of thioether (sulfide) groups is 1. The molecular weight excluding hydrogens is 448 g/mol. The number of morpholine rings is 1. The van der Waals surface area contributed by atoms with Gasteiger partial charge in [0, 0.05) is 35.8 Å². The van der Waals surface area contributed by atoms with Crippen LogP contribution in [0.4, 0.5) is 5.69 Å². The molecule has 0 aliphatic carbocycles. The van der Waals surface area contributed by atoms with Gasteiger partial charge in [-0.25, -0.2) is 4.99 Å². The lowest BCUT2D eigenvalue weighted by Gasteiger charge is -2.27. The van der Waals surface area contributed by atoms with E-state index >= 15 is 0 Å². The number of aromatic nitrogens is 1. The fourth-order valence-corrected chi connectivity index (χ4v) is 5.17. The van der Waals surface area contributed by atoms with E-state index in [0.717, 1.165) is 33.3 Å². The second kappa shape index (κ2) is 9.48. The first-order valence-electron chi connectivity index (χ1n) is 11.3. The molecule has 0 radical (unpaired) electrons. The molecule has 0 saturated carbocycles. The Kier molecular flexibility index (Phi) is 6.26. The summed E-state index contributed by atoms with van der Waals surface area (Å²) < 4.78 is 7.32. The Morgan fingerprint density at radius 2 is 1.88 bits per heavy atom. The molecule has 2 aliphatic rings. The molecule has 2 fully saturated rings. The van der Waals surface area contributed by atoms with Crippen LogP contribution >= 0.6 is 11.8 Å². The van der Waals surface area contributed by atoms with Crippen molar-refractivity contribution in [2.75, 3.05) is 26.3 Å². The number of nitrogens with zero attached hydrogens (tertiary/aromatic N) is 3. The fourth-order valence-electron chi connectivity index (χ4n) is 4.33. The van der Waals surface area contributed by atoms with Crippen LogP contribution in [0.3, 0.4) is 0 Å². The normalized spacial score (nSPS) is 18.8. The topological polar surface area (TPSA) is 75.9 Å². The molecule has 0 atom stereocenters. The van der Waals surface area contributed by atoms with Gasteiger partial charge in [0.1, 0.15) is 6.54 Å². The van der Waals surface area contributed by atoms with Gasteiger partial charge in [0.2, 0.25) is 5.91 Å². The molecule has 2 aromatic carbocycles. The summed E-state index contributed by atoms with van der Waals surface area (Å²) >= 11 is 1.33. The van der Waals surface area contributed by atoms with E-state index in [2.05, 4.69) is 16.4 Å². The van der Waals surface area contributed by atoms with Gasteiger partial charge in [-0.1, -0.05) is 24.3 Å². The van der Waals surface area contributed by atoms with Crippen molar-refractivity contribution >= 4 is 51.4 Å². The minimum absolute atomic E-state index is 0.0686. The Bertz CT molecular complexity index is 1310. The van der Waals surface area contributed by atoms with Crippen LogP contribution in [0.15, 0.2) is 58.6 Å². The van der Waals surface area contributed by atoms with Crippen LogP contribution in [0.25, 0.3) is 17.0 Å². The Morgan fingerprint density at radius 1 is 1.15 bits per heavy atom. The first kappa shape index (κ1) is 22.4. The number of amides is 2. The van der Waals surface area contributed by atoms with E-state index in [9.17, 15) is 9.59 Å². The molecule has 3 heterocycles. The van der Waals surface area contributed by atoms with Gasteiger partial charge in [-0.15, -0.1) is 0 Å². The third-order valence-electron chi connectivity index (χ3n) is 5.86. The Labute approximate surface area is 202 Å². The van der Waals surface area contributed by atoms with Gasteiger partial charge >= 0.3 is 0 Å². The molecule has 0 unspecified atom stereocenters. The van der Waals surface area contributed by atoms with Crippen LogP contribution in [0, 0.1) is 13.8 Å². The summed E-state index contributed by atoms with van der Waals surface area (Å²) in [6, 6.07) is 14.0. The molecule has 8 heteroatoms. The van der Waals surface area contributed by atoms with Gasteiger partial charge < -0.3 is 19.5 Å². The maximum absolute atomic E-state index is 12.8. The quantitative estimate of drug-likeness (QED) is 0.580. The van der Waals surface area contributed by atoms with Crippen molar-refractivity contribution in [1.82, 2.24) is 14.8 Å². The molecular formula is C26H26N4O3S. The SMILES string of the molecule is Cc1cc(C)cc(N=C2NC(=O)/C(=C\c3cn(CC(=O)N4CCOCC4)c4ccccc34)S2)c1. The predicted octanol–water partition coefficient (Wildman–Crippen LogP) is 4.01. The van der Waals surface area contributed by atoms with Gasteiger partial charge in [0.25, 0.3) is 5.91 Å². The van der Waals surface area contributed by atoms with Crippen molar-refractivity contribution in [3.63, 3.8) is 0 Å². The van der Waals surface area contributed by atoms with Gasteiger partial charge in [-0.05, 0) is 61.0 Å². The van der Waals surface area contributed by atoms with Crippen LogP contribution < -0.4 is 5.32 Å². The minimum Gasteiger partial charge on any atom is -0.378 e. The van der Waals surface area contributed by atoms with Crippen LogP contribution in [-0.4, -0.2) is 52.8 Å². The average molecular weight is 475 g/mol. The molecule has 0 spiro atoms. The molecule has 0 bridgehead atoms. The van der Waals surface area contributed by atoms with Crippen molar-refractivity contribution in [2.45, 2.75) is 20.4 Å². The summed E-state index contributed by atoms with van der Waals surface area (Å²) in [5.74, 6) is -0.103. The first-order chi connectivity index (χ1) is 16.5. The zero-order valence-corrected chi connectivity index (χ0v) is 20.0. The Hall–Kier alpha value is -3.36. The molecule has 7 nitrogen and oxygen atoms in total. The van der Waals surface area contributed by atoms with E-state index < -0.39 is 0 Å².